The van der Waals surface area contributed by atoms with Crippen molar-refractivity contribution in [2.24, 2.45) is 0 Å². The summed E-state index contributed by atoms with van der Waals surface area (Å²) in [6, 6.07) is 13.0. The number of hydrogen-bond donors (Lipinski definition) is 1. The van der Waals surface area contributed by atoms with Crippen LogP contribution in [-0.2, 0) is 6.54 Å². The van der Waals surface area contributed by atoms with Crippen LogP contribution in [-0.4, -0.2) is 4.68 Å². The lowest BCUT2D eigenvalue weighted by molar-refractivity contribution is 0.845. The third-order valence-electron chi connectivity index (χ3n) is 3.07. The highest BCUT2D eigenvalue weighted by Crippen LogP contribution is 2.40. The molecule has 2 heteroatoms. The van der Waals surface area contributed by atoms with Gasteiger partial charge in [-0.25, -0.2) is 0 Å². The summed E-state index contributed by atoms with van der Waals surface area (Å²) in [5, 5.41) is 0. The van der Waals surface area contributed by atoms with Crippen LogP contribution in [0.3, 0.4) is 0 Å². The van der Waals surface area contributed by atoms with Crippen molar-refractivity contribution < 1.29 is 0 Å². The molecule has 1 saturated carbocycles. The number of rotatable bonds is 4. The van der Waals surface area contributed by atoms with E-state index < -0.39 is 0 Å². The summed E-state index contributed by atoms with van der Waals surface area (Å²) >= 11 is 0. The minimum Gasteiger partial charge on any atom is -0.322 e. The monoisotopic (exact) mass is 212 g/mol. The van der Waals surface area contributed by atoms with Crippen molar-refractivity contribution >= 4 is 0 Å². The molecule has 82 valence electrons. The van der Waals surface area contributed by atoms with Gasteiger partial charge in [-0.05, 0) is 42.0 Å². The number of benzene rings is 1. The first kappa shape index (κ1) is 9.52. The van der Waals surface area contributed by atoms with Crippen molar-refractivity contribution in [3.63, 3.8) is 0 Å². The van der Waals surface area contributed by atoms with E-state index in [1.807, 2.05) is 29.2 Å². The molecule has 1 aromatic carbocycles. The van der Waals surface area contributed by atoms with Crippen LogP contribution < -0.4 is 5.43 Å². The van der Waals surface area contributed by atoms with Gasteiger partial charge in [-0.15, -0.1) is 0 Å². The quantitative estimate of drug-likeness (QED) is 0.824. The molecule has 1 aromatic heterocycles. The first-order chi connectivity index (χ1) is 7.92. The highest BCUT2D eigenvalue weighted by atomic mass is 15.4. The summed E-state index contributed by atoms with van der Waals surface area (Å²) < 4.78 is 1.99. The highest BCUT2D eigenvalue weighted by Gasteiger charge is 2.23. The molecule has 0 saturated heterocycles. The first-order valence-corrected chi connectivity index (χ1v) is 5.87. The first-order valence-electron chi connectivity index (χ1n) is 5.87. The van der Waals surface area contributed by atoms with Crippen LogP contribution in [0, 0.1) is 0 Å². The molecule has 2 aromatic rings. The molecule has 0 atom stereocenters. The third-order valence-corrected chi connectivity index (χ3v) is 3.07. The average Bonchev–Trinajstić information content (AvgIpc) is 3.05. The van der Waals surface area contributed by atoms with Crippen LogP contribution in [0.2, 0.25) is 0 Å². The summed E-state index contributed by atoms with van der Waals surface area (Å²) in [6.07, 6.45) is 6.78. The van der Waals surface area contributed by atoms with Gasteiger partial charge in [-0.2, -0.15) is 0 Å². The maximum Gasteiger partial charge on any atom is 0.0564 e. The van der Waals surface area contributed by atoms with Crippen molar-refractivity contribution in [2.45, 2.75) is 25.3 Å². The van der Waals surface area contributed by atoms with E-state index in [4.69, 9.17) is 0 Å². The van der Waals surface area contributed by atoms with E-state index in [0.717, 1.165) is 12.5 Å². The molecule has 0 unspecified atom stereocenters. The Morgan fingerprint density at radius 2 is 1.94 bits per heavy atom. The summed E-state index contributed by atoms with van der Waals surface area (Å²) in [6.45, 7) is 0.884. The molecular weight excluding hydrogens is 196 g/mol. The second-order valence-corrected chi connectivity index (χ2v) is 4.44. The lowest BCUT2D eigenvalue weighted by atomic mass is 10.1. The third kappa shape index (κ3) is 2.11. The van der Waals surface area contributed by atoms with Gasteiger partial charge in [0.25, 0.3) is 0 Å². The Balaban J connectivity index is 1.67. The zero-order valence-corrected chi connectivity index (χ0v) is 9.26. The zero-order chi connectivity index (χ0) is 10.8. The predicted molar refractivity (Wildman–Crippen MR) is 65.9 cm³/mol. The normalized spacial score (nSPS) is 15.0. The van der Waals surface area contributed by atoms with E-state index in [1.54, 1.807) is 0 Å². The smallest absolute Gasteiger partial charge is 0.0564 e. The molecule has 0 bridgehead atoms. The van der Waals surface area contributed by atoms with E-state index in [1.165, 1.54) is 24.0 Å². The van der Waals surface area contributed by atoms with Crippen molar-refractivity contribution in [2.75, 3.05) is 5.43 Å². The van der Waals surface area contributed by atoms with Crippen molar-refractivity contribution in [3.05, 3.63) is 59.9 Å². The van der Waals surface area contributed by atoms with Gasteiger partial charge in [0.1, 0.15) is 0 Å². The molecule has 1 fully saturated rings. The summed E-state index contributed by atoms with van der Waals surface area (Å²) in [5.41, 5.74) is 6.21. The van der Waals surface area contributed by atoms with Gasteiger partial charge < -0.3 is 5.43 Å². The lowest BCUT2D eigenvalue weighted by Gasteiger charge is -2.08. The average molecular weight is 212 g/mol. The SMILES string of the molecule is c1cc(CNn2cccc2)cc(C2CC2)c1. The number of hydrogen-bond acceptors (Lipinski definition) is 1. The highest BCUT2D eigenvalue weighted by molar-refractivity contribution is 5.29. The Morgan fingerprint density at radius 3 is 2.69 bits per heavy atom. The van der Waals surface area contributed by atoms with Gasteiger partial charge in [0.05, 0.1) is 6.54 Å². The van der Waals surface area contributed by atoms with Crippen LogP contribution in [0.5, 0.6) is 0 Å². The fourth-order valence-electron chi connectivity index (χ4n) is 2.00. The largest absolute Gasteiger partial charge is 0.322 e. The Kier molecular flexibility index (Phi) is 2.41. The van der Waals surface area contributed by atoms with Crippen molar-refractivity contribution in [1.82, 2.24) is 4.68 Å². The molecule has 2 nitrogen and oxygen atoms in total. The van der Waals surface area contributed by atoms with Gasteiger partial charge in [0, 0.05) is 12.4 Å². The molecule has 0 spiro atoms. The molecule has 0 radical (unpaired) electrons. The summed E-state index contributed by atoms with van der Waals surface area (Å²) in [4.78, 5) is 0. The molecule has 1 N–H and O–H groups in total. The standard InChI is InChI=1S/C14H16N2/c1-2-9-16(8-1)15-11-12-4-3-5-14(10-12)13-6-7-13/h1-5,8-10,13,15H,6-7,11H2. The second kappa shape index (κ2) is 4.05. The molecule has 1 aliphatic carbocycles. The fraction of sp³-hybridized carbons (Fsp3) is 0.286. The van der Waals surface area contributed by atoms with E-state index in [2.05, 4.69) is 29.7 Å². The summed E-state index contributed by atoms with van der Waals surface area (Å²) in [7, 11) is 0. The Hall–Kier alpha value is -1.70. The van der Waals surface area contributed by atoms with Gasteiger partial charge >= 0.3 is 0 Å². The molecule has 0 amide bonds. The zero-order valence-electron chi connectivity index (χ0n) is 9.26. The number of nitrogens with zero attached hydrogens (tertiary/aromatic N) is 1. The molecular formula is C14H16N2. The number of nitrogens with one attached hydrogen (secondary N) is 1. The predicted octanol–water partition coefficient (Wildman–Crippen LogP) is 3.11. The molecule has 16 heavy (non-hydrogen) atoms. The van der Waals surface area contributed by atoms with Crippen LogP contribution in [0.4, 0.5) is 0 Å². The van der Waals surface area contributed by atoms with Gasteiger partial charge in [-0.1, -0.05) is 24.3 Å². The van der Waals surface area contributed by atoms with E-state index in [-0.39, 0.29) is 0 Å². The Labute approximate surface area is 95.9 Å². The lowest BCUT2D eigenvalue weighted by Crippen LogP contribution is -2.11. The van der Waals surface area contributed by atoms with Gasteiger partial charge in [-0.3, -0.25) is 4.68 Å². The van der Waals surface area contributed by atoms with Crippen molar-refractivity contribution in [1.29, 1.82) is 0 Å². The van der Waals surface area contributed by atoms with E-state index in [9.17, 15) is 0 Å². The maximum absolute atomic E-state index is 3.34. The Bertz CT molecular complexity index is 455. The van der Waals surface area contributed by atoms with Crippen LogP contribution in [0.1, 0.15) is 29.9 Å². The molecule has 1 aliphatic rings. The summed E-state index contributed by atoms with van der Waals surface area (Å²) in [5.74, 6) is 0.839. The topological polar surface area (TPSA) is 17.0 Å². The molecule has 0 aliphatic heterocycles. The minimum absolute atomic E-state index is 0.839. The fourth-order valence-corrected chi connectivity index (χ4v) is 2.00. The molecule has 1 heterocycles. The second-order valence-electron chi connectivity index (χ2n) is 4.44. The van der Waals surface area contributed by atoms with Gasteiger partial charge in [0.15, 0.2) is 0 Å². The van der Waals surface area contributed by atoms with E-state index in [0.29, 0.717) is 0 Å². The van der Waals surface area contributed by atoms with Crippen LogP contribution in [0.15, 0.2) is 48.8 Å². The molecule has 3 rings (SSSR count). The minimum atomic E-state index is 0.839. The number of aromatic nitrogens is 1. The van der Waals surface area contributed by atoms with Crippen LogP contribution >= 0.6 is 0 Å². The Morgan fingerprint density at radius 1 is 1.12 bits per heavy atom. The maximum atomic E-state index is 3.34. The van der Waals surface area contributed by atoms with Crippen LogP contribution in [0.25, 0.3) is 0 Å². The van der Waals surface area contributed by atoms with E-state index >= 15 is 0 Å². The van der Waals surface area contributed by atoms with Crippen molar-refractivity contribution in [3.8, 4) is 0 Å². The van der Waals surface area contributed by atoms with Gasteiger partial charge in [0.2, 0.25) is 0 Å².